The van der Waals surface area contributed by atoms with Crippen molar-refractivity contribution in [1.82, 2.24) is 0 Å². The van der Waals surface area contributed by atoms with Crippen molar-refractivity contribution in [3.63, 3.8) is 0 Å². The van der Waals surface area contributed by atoms with Crippen LogP contribution in [0.4, 0.5) is 5.69 Å². The average Bonchev–Trinajstić information content (AvgIpc) is 2.34. The Kier molecular flexibility index (Phi) is 6.06. The van der Waals surface area contributed by atoms with E-state index in [2.05, 4.69) is 19.2 Å². The molecular formula is C15H21NO3. The summed E-state index contributed by atoms with van der Waals surface area (Å²) in [7, 11) is 0. The summed E-state index contributed by atoms with van der Waals surface area (Å²) in [5, 5.41) is 11.3. The zero-order chi connectivity index (χ0) is 14.3. The SMILES string of the molecule is CC(C)c1cccc(NC(=O)CCCCC(=O)O)c1. The van der Waals surface area contributed by atoms with Gasteiger partial charge < -0.3 is 10.4 Å². The molecule has 0 aliphatic heterocycles. The molecule has 19 heavy (non-hydrogen) atoms. The minimum absolute atomic E-state index is 0.0636. The molecule has 4 nitrogen and oxygen atoms in total. The zero-order valence-corrected chi connectivity index (χ0v) is 11.5. The fourth-order valence-electron chi connectivity index (χ4n) is 1.76. The van der Waals surface area contributed by atoms with Gasteiger partial charge in [0, 0.05) is 18.5 Å². The molecule has 0 radical (unpaired) electrons. The van der Waals surface area contributed by atoms with Crippen LogP contribution in [0.1, 0.15) is 51.0 Å². The maximum Gasteiger partial charge on any atom is 0.303 e. The number of rotatable bonds is 7. The molecule has 2 N–H and O–H groups in total. The number of unbranched alkanes of at least 4 members (excludes halogenated alkanes) is 1. The number of nitrogens with one attached hydrogen (secondary N) is 1. The molecule has 0 aromatic heterocycles. The summed E-state index contributed by atoms with van der Waals surface area (Å²) in [6.07, 6.45) is 1.62. The Morgan fingerprint density at radius 1 is 1.21 bits per heavy atom. The maximum atomic E-state index is 11.7. The number of hydrogen-bond acceptors (Lipinski definition) is 2. The maximum absolute atomic E-state index is 11.7. The van der Waals surface area contributed by atoms with Gasteiger partial charge in [-0.1, -0.05) is 26.0 Å². The Balaban J connectivity index is 2.39. The number of benzene rings is 1. The lowest BCUT2D eigenvalue weighted by atomic mass is 10.0. The highest BCUT2D eigenvalue weighted by Crippen LogP contribution is 2.18. The van der Waals surface area contributed by atoms with Gasteiger partial charge in [-0.2, -0.15) is 0 Å². The summed E-state index contributed by atoms with van der Waals surface area (Å²) in [6, 6.07) is 7.80. The summed E-state index contributed by atoms with van der Waals surface area (Å²) in [5.41, 5.74) is 1.98. The Morgan fingerprint density at radius 3 is 2.53 bits per heavy atom. The van der Waals surface area contributed by atoms with E-state index in [0.29, 0.717) is 25.2 Å². The van der Waals surface area contributed by atoms with Crippen LogP contribution in [0.25, 0.3) is 0 Å². The van der Waals surface area contributed by atoms with E-state index < -0.39 is 5.97 Å². The van der Waals surface area contributed by atoms with Crippen molar-refractivity contribution in [3.05, 3.63) is 29.8 Å². The van der Waals surface area contributed by atoms with Gasteiger partial charge in [0.25, 0.3) is 0 Å². The first-order chi connectivity index (χ1) is 8.99. The third-order valence-electron chi connectivity index (χ3n) is 2.88. The predicted octanol–water partition coefficient (Wildman–Crippen LogP) is 3.39. The molecule has 0 atom stereocenters. The highest BCUT2D eigenvalue weighted by atomic mass is 16.4. The first kappa shape index (κ1) is 15.2. The summed E-state index contributed by atoms with van der Waals surface area (Å²) in [4.78, 5) is 22.0. The molecule has 0 unspecified atom stereocenters. The Labute approximate surface area is 113 Å². The van der Waals surface area contributed by atoms with Gasteiger partial charge in [-0.3, -0.25) is 9.59 Å². The van der Waals surface area contributed by atoms with Crippen molar-refractivity contribution in [2.75, 3.05) is 5.32 Å². The number of carboxylic acid groups (broad SMARTS) is 1. The molecule has 4 heteroatoms. The Hall–Kier alpha value is -1.84. The summed E-state index contributed by atoms with van der Waals surface area (Å²) in [5.74, 6) is -0.455. The smallest absolute Gasteiger partial charge is 0.303 e. The molecular weight excluding hydrogens is 242 g/mol. The van der Waals surface area contributed by atoms with Crippen LogP contribution in [0.15, 0.2) is 24.3 Å². The number of amides is 1. The minimum Gasteiger partial charge on any atom is -0.481 e. The highest BCUT2D eigenvalue weighted by Gasteiger charge is 2.05. The standard InChI is InChI=1S/C15H21NO3/c1-11(2)12-6-5-7-13(10-12)16-14(17)8-3-4-9-15(18)19/h5-7,10-11H,3-4,8-9H2,1-2H3,(H,16,17)(H,18,19). The first-order valence-electron chi connectivity index (χ1n) is 6.60. The molecule has 0 aliphatic carbocycles. The average molecular weight is 263 g/mol. The van der Waals surface area contributed by atoms with E-state index in [4.69, 9.17) is 5.11 Å². The van der Waals surface area contributed by atoms with Crippen LogP contribution < -0.4 is 5.32 Å². The van der Waals surface area contributed by atoms with Crippen LogP contribution in [-0.2, 0) is 9.59 Å². The monoisotopic (exact) mass is 263 g/mol. The van der Waals surface area contributed by atoms with Crippen molar-refractivity contribution in [3.8, 4) is 0 Å². The number of hydrogen-bond donors (Lipinski definition) is 2. The van der Waals surface area contributed by atoms with Gasteiger partial charge in [0.2, 0.25) is 5.91 Å². The normalized spacial score (nSPS) is 10.5. The van der Waals surface area contributed by atoms with Crippen molar-refractivity contribution in [2.24, 2.45) is 0 Å². The predicted molar refractivity (Wildman–Crippen MR) is 75.3 cm³/mol. The molecule has 0 saturated heterocycles. The minimum atomic E-state index is -0.815. The Morgan fingerprint density at radius 2 is 1.89 bits per heavy atom. The number of anilines is 1. The molecule has 1 rings (SSSR count). The van der Waals surface area contributed by atoms with Crippen LogP contribution in [0.2, 0.25) is 0 Å². The fraction of sp³-hybridized carbons (Fsp3) is 0.467. The fourth-order valence-corrected chi connectivity index (χ4v) is 1.76. The van der Waals surface area contributed by atoms with E-state index >= 15 is 0 Å². The van der Waals surface area contributed by atoms with Gasteiger partial charge >= 0.3 is 5.97 Å². The molecule has 0 fully saturated rings. The molecule has 1 aromatic carbocycles. The van der Waals surface area contributed by atoms with E-state index in [1.807, 2.05) is 24.3 Å². The molecule has 0 saturated carbocycles. The number of carbonyl (C=O) groups is 2. The van der Waals surface area contributed by atoms with Crippen LogP contribution in [-0.4, -0.2) is 17.0 Å². The van der Waals surface area contributed by atoms with E-state index in [-0.39, 0.29) is 12.3 Å². The third-order valence-corrected chi connectivity index (χ3v) is 2.88. The second kappa shape index (κ2) is 7.56. The molecule has 0 bridgehead atoms. The second-order valence-electron chi connectivity index (χ2n) is 4.93. The molecule has 0 aliphatic rings. The van der Waals surface area contributed by atoms with Gasteiger partial charge in [0.1, 0.15) is 0 Å². The molecule has 1 amide bonds. The van der Waals surface area contributed by atoms with E-state index in [0.717, 1.165) is 5.69 Å². The largest absolute Gasteiger partial charge is 0.481 e. The lowest BCUT2D eigenvalue weighted by Gasteiger charge is -2.09. The van der Waals surface area contributed by atoms with Gasteiger partial charge in [-0.05, 0) is 36.5 Å². The summed E-state index contributed by atoms with van der Waals surface area (Å²) >= 11 is 0. The first-order valence-corrected chi connectivity index (χ1v) is 6.60. The molecule has 0 spiro atoms. The Bertz CT molecular complexity index is 441. The summed E-state index contributed by atoms with van der Waals surface area (Å²) in [6.45, 7) is 4.21. The van der Waals surface area contributed by atoms with Gasteiger partial charge in [0.15, 0.2) is 0 Å². The van der Waals surface area contributed by atoms with Crippen molar-refractivity contribution >= 4 is 17.6 Å². The second-order valence-corrected chi connectivity index (χ2v) is 4.93. The van der Waals surface area contributed by atoms with Crippen LogP contribution in [0.3, 0.4) is 0 Å². The van der Waals surface area contributed by atoms with Crippen LogP contribution >= 0.6 is 0 Å². The topological polar surface area (TPSA) is 66.4 Å². The zero-order valence-electron chi connectivity index (χ0n) is 11.5. The van der Waals surface area contributed by atoms with Crippen molar-refractivity contribution in [2.45, 2.75) is 45.4 Å². The van der Waals surface area contributed by atoms with E-state index in [1.165, 1.54) is 5.56 Å². The van der Waals surface area contributed by atoms with E-state index in [9.17, 15) is 9.59 Å². The van der Waals surface area contributed by atoms with Gasteiger partial charge in [0.05, 0.1) is 0 Å². The molecule has 1 aromatic rings. The molecule has 0 heterocycles. The number of carboxylic acids is 1. The summed E-state index contributed by atoms with van der Waals surface area (Å²) < 4.78 is 0. The highest BCUT2D eigenvalue weighted by molar-refractivity contribution is 5.90. The number of carbonyl (C=O) groups excluding carboxylic acids is 1. The molecule has 104 valence electrons. The lowest BCUT2D eigenvalue weighted by molar-refractivity contribution is -0.137. The van der Waals surface area contributed by atoms with Crippen molar-refractivity contribution in [1.29, 1.82) is 0 Å². The van der Waals surface area contributed by atoms with Crippen molar-refractivity contribution < 1.29 is 14.7 Å². The quantitative estimate of drug-likeness (QED) is 0.741. The van der Waals surface area contributed by atoms with E-state index in [1.54, 1.807) is 0 Å². The van der Waals surface area contributed by atoms with Crippen LogP contribution in [0.5, 0.6) is 0 Å². The number of aliphatic carboxylic acids is 1. The lowest BCUT2D eigenvalue weighted by Crippen LogP contribution is -2.11. The van der Waals surface area contributed by atoms with Gasteiger partial charge in [-0.25, -0.2) is 0 Å². The third kappa shape index (κ3) is 6.04. The van der Waals surface area contributed by atoms with Crippen LogP contribution in [0, 0.1) is 0 Å². The van der Waals surface area contributed by atoms with Gasteiger partial charge in [-0.15, -0.1) is 0 Å².